The molecule has 11 heteroatoms. The minimum absolute atomic E-state index is 0.00259. The first-order valence-electron chi connectivity index (χ1n) is 13.2. The molecule has 4 aromatic carbocycles. The zero-order chi connectivity index (χ0) is 29.5. The summed E-state index contributed by atoms with van der Waals surface area (Å²) in [6.07, 6.45) is -0.243. The first-order valence-corrected chi connectivity index (χ1v) is 14.7. The van der Waals surface area contributed by atoms with Gasteiger partial charge < -0.3 is 19.7 Å². The molecule has 9 nitrogen and oxygen atoms in total. The Hall–Kier alpha value is -4.90. The Kier molecular flexibility index (Phi) is 8.68. The van der Waals surface area contributed by atoms with Gasteiger partial charge in [-0.3, -0.25) is 14.3 Å². The number of anilines is 2. The van der Waals surface area contributed by atoms with Gasteiger partial charge in [0, 0.05) is 12.2 Å². The Morgan fingerprint density at radius 2 is 1.60 bits per heavy atom. The zero-order valence-electron chi connectivity index (χ0n) is 22.4. The summed E-state index contributed by atoms with van der Waals surface area (Å²) in [6.45, 7) is 0.0752. The third-order valence-corrected chi connectivity index (χ3v) is 7.91. The van der Waals surface area contributed by atoms with Crippen molar-refractivity contribution in [3.63, 3.8) is 0 Å². The molecule has 0 fully saturated rings. The molecule has 2 N–H and O–H groups in total. The lowest BCUT2D eigenvalue weighted by atomic mass is 10.1. The molecular formula is C31H28FN3O6S. The number of sulfonamides is 1. The Labute approximate surface area is 242 Å². The van der Waals surface area contributed by atoms with Crippen molar-refractivity contribution >= 4 is 33.2 Å². The Bertz CT molecular complexity index is 1650. The van der Waals surface area contributed by atoms with Crippen molar-refractivity contribution in [2.75, 3.05) is 29.3 Å². The summed E-state index contributed by atoms with van der Waals surface area (Å²) in [5, 5.41) is 2.88. The SMILES string of the molecule is O=C(NCCc1ccccc1)C1CN(C(=O)COc2ccc(S(=O)(=O)Nc3ccc(F)cc3)cc2)c2ccccc2O1. The highest BCUT2D eigenvalue weighted by atomic mass is 32.2. The predicted molar refractivity (Wildman–Crippen MR) is 156 cm³/mol. The molecule has 1 atom stereocenters. The van der Waals surface area contributed by atoms with Crippen LogP contribution in [-0.4, -0.2) is 46.0 Å². The van der Waals surface area contributed by atoms with Gasteiger partial charge in [-0.05, 0) is 72.6 Å². The first kappa shape index (κ1) is 28.6. The average molecular weight is 590 g/mol. The monoisotopic (exact) mass is 589 g/mol. The number of benzene rings is 4. The van der Waals surface area contributed by atoms with Crippen LogP contribution in [0.25, 0.3) is 0 Å². The second-order valence-electron chi connectivity index (χ2n) is 9.48. The summed E-state index contributed by atoms with van der Waals surface area (Å²) in [7, 11) is -3.92. The number of carbonyl (C=O) groups is 2. The minimum atomic E-state index is -3.92. The van der Waals surface area contributed by atoms with E-state index in [1.54, 1.807) is 24.3 Å². The molecule has 1 aliphatic rings. The van der Waals surface area contributed by atoms with Gasteiger partial charge >= 0.3 is 0 Å². The fraction of sp³-hybridized carbons (Fsp3) is 0.161. The van der Waals surface area contributed by atoms with Gasteiger partial charge in [-0.15, -0.1) is 0 Å². The van der Waals surface area contributed by atoms with E-state index in [0.717, 1.165) is 17.7 Å². The number of halogens is 1. The third kappa shape index (κ3) is 7.05. The normalized spacial score (nSPS) is 14.3. The molecule has 0 spiro atoms. The topological polar surface area (TPSA) is 114 Å². The number of carbonyl (C=O) groups excluding carboxylic acids is 2. The number of rotatable bonds is 10. The van der Waals surface area contributed by atoms with E-state index in [0.29, 0.717) is 24.4 Å². The summed E-state index contributed by atoms with van der Waals surface area (Å²) in [5.74, 6) is -0.524. The number of nitrogens with one attached hydrogen (secondary N) is 2. The lowest BCUT2D eigenvalue weighted by Gasteiger charge is -2.34. The second kappa shape index (κ2) is 12.7. The molecule has 4 aromatic rings. The van der Waals surface area contributed by atoms with Gasteiger partial charge in [-0.25, -0.2) is 12.8 Å². The minimum Gasteiger partial charge on any atom is -0.484 e. The van der Waals surface area contributed by atoms with E-state index in [2.05, 4.69) is 10.0 Å². The smallest absolute Gasteiger partial charge is 0.265 e. The van der Waals surface area contributed by atoms with Gasteiger partial charge in [-0.2, -0.15) is 0 Å². The Morgan fingerprint density at radius 3 is 2.33 bits per heavy atom. The molecule has 0 saturated carbocycles. The van der Waals surface area contributed by atoms with Crippen LogP contribution in [0.4, 0.5) is 15.8 Å². The number of amides is 2. The molecule has 0 aliphatic carbocycles. The van der Waals surface area contributed by atoms with Crippen LogP contribution in [0.2, 0.25) is 0 Å². The third-order valence-electron chi connectivity index (χ3n) is 6.52. The van der Waals surface area contributed by atoms with Crippen LogP contribution < -0.4 is 24.4 Å². The van der Waals surface area contributed by atoms with E-state index in [4.69, 9.17) is 9.47 Å². The van der Waals surface area contributed by atoms with Crippen LogP contribution in [-0.2, 0) is 26.0 Å². The molecule has 0 aromatic heterocycles. The molecule has 1 heterocycles. The van der Waals surface area contributed by atoms with E-state index < -0.39 is 27.9 Å². The maximum atomic E-state index is 13.2. The van der Waals surface area contributed by atoms with Crippen molar-refractivity contribution in [1.29, 1.82) is 0 Å². The maximum Gasteiger partial charge on any atom is 0.265 e. The highest BCUT2D eigenvalue weighted by Gasteiger charge is 2.33. The lowest BCUT2D eigenvalue weighted by molar-refractivity contribution is -0.128. The lowest BCUT2D eigenvalue weighted by Crippen LogP contribution is -2.52. The molecule has 0 saturated heterocycles. The second-order valence-corrected chi connectivity index (χ2v) is 11.2. The van der Waals surface area contributed by atoms with Crippen molar-refractivity contribution in [3.05, 3.63) is 115 Å². The molecule has 1 unspecified atom stereocenters. The molecular weight excluding hydrogens is 561 g/mol. The first-order chi connectivity index (χ1) is 20.3. The number of nitrogens with zero attached hydrogens (tertiary/aromatic N) is 1. The fourth-order valence-corrected chi connectivity index (χ4v) is 5.42. The largest absolute Gasteiger partial charge is 0.484 e. The van der Waals surface area contributed by atoms with Crippen LogP contribution in [0.1, 0.15) is 5.56 Å². The molecule has 2 amide bonds. The van der Waals surface area contributed by atoms with E-state index >= 15 is 0 Å². The van der Waals surface area contributed by atoms with E-state index in [1.165, 1.54) is 41.3 Å². The zero-order valence-corrected chi connectivity index (χ0v) is 23.2. The molecule has 0 bridgehead atoms. The van der Waals surface area contributed by atoms with Crippen LogP contribution in [0, 0.1) is 5.82 Å². The summed E-state index contributed by atoms with van der Waals surface area (Å²) >= 11 is 0. The van der Waals surface area contributed by atoms with E-state index in [1.807, 2.05) is 30.3 Å². The molecule has 0 radical (unpaired) electrons. The van der Waals surface area contributed by atoms with Crippen molar-refractivity contribution in [1.82, 2.24) is 5.32 Å². The van der Waals surface area contributed by atoms with Crippen molar-refractivity contribution in [2.45, 2.75) is 17.4 Å². The molecule has 216 valence electrons. The summed E-state index contributed by atoms with van der Waals surface area (Å²) in [5.41, 5.74) is 1.83. The molecule has 42 heavy (non-hydrogen) atoms. The number of hydrogen-bond acceptors (Lipinski definition) is 6. The summed E-state index contributed by atoms with van der Waals surface area (Å²) in [6, 6.07) is 27.2. The predicted octanol–water partition coefficient (Wildman–Crippen LogP) is 4.16. The standard InChI is InChI=1S/C31H28FN3O6S/c32-23-10-12-24(13-11-23)34-42(38,39)26-16-14-25(15-17-26)40-21-30(36)35-20-29(41-28-9-5-4-8-27(28)35)31(37)33-19-18-22-6-2-1-3-7-22/h1-17,29,34H,18-21H2,(H,33,37). The molecule has 5 rings (SSSR count). The van der Waals surface area contributed by atoms with Gasteiger partial charge in [0.1, 0.15) is 17.3 Å². The quantitative estimate of drug-likeness (QED) is 0.287. The number of para-hydroxylation sites is 2. The van der Waals surface area contributed by atoms with E-state index in [-0.39, 0.29) is 35.4 Å². The van der Waals surface area contributed by atoms with Gasteiger partial charge in [0.25, 0.3) is 21.8 Å². The maximum absolute atomic E-state index is 13.2. The van der Waals surface area contributed by atoms with Crippen LogP contribution in [0.5, 0.6) is 11.5 Å². The van der Waals surface area contributed by atoms with Crippen molar-refractivity contribution in [2.24, 2.45) is 0 Å². The van der Waals surface area contributed by atoms with Crippen molar-refractivity contribution < 1.29 is 31.9 Å². The van der Waals surface area contributed by atoms with Crippen molar-refractivity contribution in [3.8, 4) is 11.5 Å². The fourth-order valence-electron chi connectivity index (χ4n) is 4.37. The van der Waals surface area contributed by atoms with E-state index in [9.17, 15) is 22.4 Å². The number of hydrogen-bond donors (Lipinski definition) is 2. The van der Waals surface area contributed by atoms with Gasteiger partial charge in [0.15, 0.2) is 12.7 Å². The number of fused-ring (bicyclic) bond motifs is 1. The summed E-state index contributed by atoms with van der Waals surface area (Å²) in [4.78, 5) is 27.6. The van der Waals surface area contributed by atoms with Crippen LogP contribution in [0.3, 0.4) is 0 Å². The van der Waals surface area contributed by atoms with Gasteiger partial charge in [-0.1, -0.05) is 42.5 Å². The molecule has 1 aliphatic heterocycles. The van der Waals surface area contributed by atoms with Gasteiger partial charge in [0.05, 0.1) is 17.1 Å². The Morgan fingerprint density at radius 1 is 0.905 bits per heavy atom. The average Bonchev–Trinajstić information content (AvgIpc) is 3.01. The Balaban J connectivity index is 1.19. The summed E-state index contributed by atoms with van der Waals surface area (Å²) < 4.78 is 52.4. The highest BCUT2D eigenvalue weighted by Crippen LogP contribution is 2.33. The number of ether oxygens (including phenoxy) is 2. The van der Waals surface area contributed by atoms with Crippen LogP contribution in [0.15, 0.2) is 108 Å². The van der Waals surface area contributed by atoms with Gasteiger partial charge in [0.2, 0.25) is 0 Å². The highest BCUT2D eigenvalue weighted by molar-refractivity contribution is 7.92. The van der Waals surface area contributed by atoms with Crippen LogP contribution >= 0.6 is 0 Å².